The van der Waals surface area contributed by atoms with Crippen molar-refractivity contribution >= 4 is 0 Å². The standard InChI is InChI=1S/C11H15NO3/c1-14-11-4-8(2-3-10(11)13)5-12-9-6-15-7-9/h2-4,9,12-13H,5-7H2,1H3. The molecule has 1 aromatic carbocycles. The Morgan fingerprint density at radius 1 is 1.53 bits per heavy atom. The molecule has 1 aliphatic rings. The van der Waals surface area contributed by atoms with E-state index in [0.717, 1.165) is 25.3 Å². The van der Waals surface area contributed by atoms with Crippen molar-refractivity contribution in [3.8, 4) is 11.5 Å². The molecule has 0 radical (unpaired) electrons. The van der Waals surface area contributed by atoms with Crippen LogP contribution >= 0.6 is 0 Å². The Hall–Kier alpha value is -1.26. The van der Waals surface area contributed by atoms with Gasteiger partial charge in [0.25, 0.3) is 0 Å². The molecule has 4 heteroatoms. The summed E-state index contributed by atoms with van der Waals surface area (Å²) in [5, 5.41) is 12.7. The van der Waals surface area contributed by atoms with Gasteiger partial charge in [-0.1, -0.05) is 6.07 Å². The predicted octanol–water partition coefficient (Wildman–Crippen LogP) is 0.889. The molecule has 0 atom stereocenters. The zero-order valence-corrected chi connectivity index (χ0v) is 8.69. The number of hydrogen-bond acceptors (Lipinski definition) is 4. The minimum Gasteiger partial charge on any atom is -0.504 e. The fourth-order valence-corrected chi connectivity index (χ4v) is 1.45. The maximum absolute atomic E-state index is 9.40. The van der Waals surface area contributed by atoms with E-state index in [9.17, 15) is 5.11 Å². The lowest BCUT2D eigenvalue weighted by atomic mass is 10.1. The summed E-state index contributed by atoms with van der Waals surface area (Å²) < 4.78 is 10.1. The van der Waals surface area contributed by atoms with Gasteiger partial charge in [0, 0.05) is 6.54 Å². The second-order valence-corrected chi connectivity index (χ2v) is 3.62. The largest absolute Gasteiger partial charge is 0.504 e. The third kappa shape index (κ3) is 2.40. The van der Waals surface area contributed by atoms with Crippen LogP contribution in [0.3, 0.4) is 0 Å². The van der Waals surface area contributed by atoms with Crippen LogP contribution in [0.2, 0.25) is 0 Å². The lowest BCUT2D eigenvalue weighted by molar-refractivity contribution is -0.00579. The first-order valence-corrected chi connectivity index (χ1v) is 4.96. The van der Waals surface area contributed by atoms with Gasteiger partial charge in [-0.25, -0.2) is 0 Å². The van der Waals surface area contributed by atoms with Gasteiger partial charge in [0.2, 0.25) is 0 Å². The van der Waals surface area contributed by atoms with Gasteiger partial charge in [-0.05, 0) is 17.7 Å². The van der Waals surface area contributed by atoms with E-state index in [-0.39, 0.29) is 5.75 Å². The maximum Gasteiger partial charge on any atom is 0.160 e. The fourth-order valence-electron chi connectivity index (χ4n) is 1.45. The van der Waals surface area contributed by atoms with E-state index in [2.05, 4.69) is 5.32 Å². The summed E-state index contributed by atoms with van der Waals surface area (Å²) in [5.41, 5.74) is 1.09. The third-order valence-corrected chi connectivity index (χ3v) is 2.48. The molecular weight excluding hydrogens is 194 g/mol. The molecule has 15 heavy (non-hydrogen) atoms. The van der Waals surface area contributed by atoms with Crippen LogP contribution in [-0.2, 0) is 11.3 Å². The number of hydrogen-bond donors (Lipinski definition) is 2. The topological polar surface area (TPSA) is 50.7 Å². The second-order valence-electron chi connectivity index (χ2n) is 3.62. The van der Waals surface area contributed by atoms with Gasteiger partial charge in [0.05, 0.1) is 26.4 Å². The van der Waals surface area contributed by atoms with E-state index in [1.54, 1.807) is 13.2 Å². The number of rotatable bonds is 4. The van der Waals surface area contributed by atoms with Crippen molar-refractivity contribution in [1.29, 1.82) is 0 Å². The number of methoxy groups -OCH3 is 1. The minimum atomic E-state index is 0.174. The predicted molar refractivity (Wildman–Crippen MR) is 56.1 cm³/mol. The maximum atomic E-state index is 9.40. The van der Waals surface area contributed by atoms with E-state index >= 15 is 0 Å². The second kappa shape index (κ2) is 4.51. The molecular formula is C11H15NO3. The van der Waals surface area contributed by atoms with Crippen LogP contribution in [0.4, 0.5) is 0 Å². The van der Waals surface area contributed by atoms with Crippen molar-refractivity contribution in [3.05, 3.63) is 23.8 Å². The molecule has 2 N–H and O–H groups in total. The summed E-state index contributed by atoms with van der Waals surface area (Å²) in [4.78, 5) is 0. The number of phenolic OH excluding ortho intramolecular Hbond substituents is 1. The van der Waals surface area contributed by atoms with Crippen LogP contribution < -0.4 is 10.1 Å². The van der Waals surface area contributed by atoms with Crippen molar-refractivity contribution in [2.45, 2.75) is 12.6 Å². The zero-order valence-electron chi connectivity index (χ0n) is 8.69. The first kappa shape index (κ1) is 10.3. The molecule has 0 bridgehead atoms. The van der Waals surface area contributed by atoms with Crippen molar-refractivity contribution < 1.29 is 14.6 Å². The Kier molecular flexibility index (Phi) is 3.08. The Bertz CT molecular complexity index is 337. The summed E-state index contributed by atoms with van der Waals surface area (Å²) in [6, 6.07) is 5.82. The van der Waals surface area contributed by atoms with Gasteiger partial charge in [-0.3, -0.25) is 0 Å². The van der Waals surface area contributed by atoms with E-state index in [4.69, 9.17) is 9.47 Å². The lowest BCUT2D eigenvalue weighted by Gasteiger charge is -2.27. The van der Waals surface area contributed by atoms with Gasteiger partial charge < -0.3 is 19.9 Å². The summed E-state index contributed by atoms with van der Waals surface area (Å²) in [6.45, 7) is 2.34. The summed E-state index contributed by atoms with van der Waals surface area (Å²) >= 11 is 0. The molecule has 1 aromatic rings. The van der Waals surface area contributed by atoms with Gasteiger partial charge in [-0.15, -0.1) is 0 Å². The van der Waals surface area contributed by atoms with Crippen molar-refractivity contribution in [3.63, 3.8) is 0 Å². The molecule has 4 nitrogen and oxygen atoms in total. The third-order valence-electron chi connectivity index (χ3n) is 2.48. The SMILES string of the molecule is COc1cc(CNC2COC2)ccc1O. The number of phenols is 1. The zero-order chi connectivity index (χ0) is 10.7. The van der Waals surface area contributed by atoms with E-state index in [1.807, 2.05) is 12.1 Å². The average molecular weight is 209 g/mol. The summed E-state index contributed by atoms with van der Waals surface area (Å²) in [6.07, 6.45) is 0. The smallest absolute Gasteiger partial charge is 0.160 e. The number of benzene rings is 1. The molecule has 0 amide bonds. The van der Waals surface area contributed by atoms with E-state index in [0.29, 0.717) is 11.8 Å². The summed E-state index contributed by atoms with van der Waals surface area (Å²) in [7, 11) is 1.55. The minimum absolute atomic E-state index is 0.174. The molecule has 0 aromatic heterocycles. The monoisotopic (exact) mass is 209 g/mol. The number of aromatic hydroxyl groups is 1. The highest BCUT2D eigenvalue weighted by atomic mass is 16.5. The van der Waals surface area contributed by atoms with E-state index in [1.165, 1.54) is 0 Å². The highest BCUT2D eigenvalue weighted by Gasteiger charge is 2.17. The quantitative estimate of drug-likeness (QED) is 0.773. The van der Waals surface area contributed by atoms with Crippen LogP contribution in [0, 0.1) is 0 Å². The van der Waals surface area contributed by atoms with E-state index < -0.39 is 0 Å². The Labute approximate surface area is 88.8 Å². The van der Waals surface area contributed by atoms with Gasteiger partial charge in [0.1, 0.15) is 0 Å². The van der Waals surface area contributed by atoms with Crippen LogP contribution in [0.25, 0.3) is 0 Å². The van der Waals surface area contributed by atoms with Crippen molar-refractivity contribution in [2.75, 3.05) is 20.3 Å². The molecule has 82 valence electrons. The normalized spacial score (nSPS) is 16.1. The Balaban J connectivity index is 1.95. The van der Waals surface area contributed by atoms with Crippen molar-refractivity contribution in [1.82, 2.24) is 5.32 Å². The molecule has 2 rings (SSSR count). The molecule has 0 spiro atoms. The van der Waals surface area contributed by atoms with Gasteiger partial charge >= 0.3 is 0 Å². The number of nitrogens with one attached hydrogen (secondary N) is 1. The van der Waals surface area contributed by atoms with Crippen LogP contribution in [0.1, 0.15) is 5.56 Å². The lowest BCUT2D eigenvalue weighted by Crippen LogP contribution is -2.45. The molecule has 0 aliphatic carbocycles. The molecule has 1 aliphatic heterocycles. The fraction of sp³-hybridized carbons (Fsp3) is 0.455. The molecule has 1 saturated heterocycles. The average Bonchev–Trinajstić information content (AvgIpc) is 2.18. The summed E-state index contributed by atoms with van der Waals surface area (Å²) in [5.74, 6) is 0.687. The first-order valence-electron chi connectivity index (χ1n) is 4.96. The van der Waals surface area contributed by atoms with Crippen LogP contribution in [-0.4, -0.2) is 31.5 Å². The Morgan fingerprint density at radius 2 is 2.33 bits per heavy atom. The number of ether oxygens (including phenoxy) is 2. The molecule has 1 heterocycles. The Morgan fingerprint density at radius 3 is 2.93 bits per heavy atom. The molecule has 0 unspecified atom stereocenters. The van der Waals surface area contributed by atoms with Gasteiger partial charge in [-0.2, -0.15) is 0 Å². The highest BCUT2D eigenvalue weighted by Crippen LogP contribution is 2.26. The molecule has 1 fully saturated rings. The van der Waals surface area contributed by atoms with Gasteiger partial charge in [0.15, 0.2) is 11.5 Å². The van der Waals surface area contributed by atoms with Crippen LogP contribution in [0.5, 0.6) is 11.5 Å². The highest BCUT2D eigenvalue weighted by molar-refractivity contribution is 5.41. The van der Waals surface area contributed by atoms with Crippen molar-refractivity contribution in [2.24, 2.45) is 0 Å². The molecule has 0 saturated carbocycles. The van der Waals surface area contributed by atoms with Crippen LogP contribution in [0.15, 0.2) is 18.2 Å². The first-order chi connectivity index (χ1) is 7.29.